The average molecular weight is 193 g/mol. The molecule has 0 amide bonds. The van der Waals surface area contributed by atoms with Crippen LogP contribution in [0.15, 0.2) is 0 Å². The van der Waals surface area contributed by atoms with Gasteiger partial charge in [-0.15, -0.1) is 0 Å². The van der Waals surface area contributed by atoms with E-state index in [1.807, 2.05) is 6.92 Å². The first-order valence-corrected chi connectivity index (χ1v) is 4.76. The molecule has 78 valence electrons. The number of halogens is 2. The second-order valence-electron chi connectivity index (χ2n) is 3.95. The number of aliphatic hydroxyl groups is 1. The number of aliphatic hydroxyl groups excluding tert-OH is 1. The molecule has 0 aromatic rings. The Labute approximate surface area is 77.3 Å². The highest BCUT2D eigenvalue weighted by Gasteiger charge is 2.26. The number of alkyl halides is 2. The molecule has 0 spiro atoms. The lowest BCUT2D eigenvalue weighted by Gasteiger charge is -2.18. The Morgan fingerprint density at radius 1 is 1.46 bits per heavy atom. The van der Waals surface area contributed by atoms with Crippen LogP contribution in [0.5, 0.6) is 0 Å². The molecule has 1 rings (SSSR count). The topological polar surface area (TPSA) is 32.3 Å². The summed E-state index contributed by atoms with van der Waals surface area (Å²) >= 11 is 0. The van der Waals surface area contributed by atoms with Crippen LogP contribution in [0, 0.1) is 11.8 Å². The maximum Gasteiger partial charge on any atom is 0.238 e. The molecule has 4 heteroatoms. The van der Waals surface area contributed by atoms with Crippen molar-refractivity contribution in [2.75, 3.05) is 13.1 Å². The van der Waals surface area contributed by atoms with Crippen LogP contribution < -0.4 is 5.32 Å². The van der Waals surface area contributed by atoms with Gasteiger partial charge in [-0.25, -0.2) is 8.78 Å². The fourth-order valence-corrected chi connectivity index (χ4v) is 1.88. The van der Waals surface area contributed by atoms with Gasteiger partial charge in [0.25, 0.3) is 0 Å². The van der Waals surface area contributed by atoms with Crippen LogP contribution in [0.1, 0.15) is 19.8 Å². The first-order valence-electron chi connectivity index (χ1n) is 4.76. The molecule has 1 heterocycles. The lowest BCUT2D eigenvalue weighted by molar-refractivity contribution is 0.0946. The molecule has 13 heavy (non-hydrogen) atoms. The van der Waals surface area contributed by atoms with Gasteiger partial charge in [0.05, 0.1) is 6.10 Å². The van der Waals surface area contributed by atoms with E-state index in [1.165, 1.54) is 0 Å². The largest absolute Gasteiger partial charge is 0.391 e. The minimum absolute atomic E-state index is 0.000417. The Bertz CT molecular complexity index is 155. The monoisotopic (exact) mass is 193 g/mol. The summed E-state index contributed by atoms with van der Waals surface area (Å²) < 4.78 is 24.0. The molecule has 0 saturated carbocycles. The summed E-state index contributed by atoms with van der Waals surface area (Å²) in [6.45, 7) is 3.18. The van der Waals surface area contributed by atoms with E-state index in [0.29, 0.717) is 13.0 Å². The summed E-state index contributed by atoms with van der Waals surface area (Å²) in [5.74, 6) is 0.160. The summed E-state index contributed by atoms with van der Waals surface area (Å²) in [5, 5.41) is 12.5. The van der Waals surface area contributed by atoms with Crippen LogP contribution in [-0.4, -0.2) is 30.7 Å². The van der Waals surface area contributed by atoms with Gasteiger partial charge in [-0.1, -0.05) is 6.92 Å². The molecule has 2 N–H and O–H groups in total. The van der Waals surface area contributed by atoms with Crippen molar-refractivity contribution in [3.05, 3.63) is 0 Å². The minimum atomic E-state index is -2.22. The molecule has 1 saturated heterocycles. The maximum atomic E-state index is 12.0. The molecule has 1 aliphatic rings. The van der Waals surface area contributed by atoms with E-state index in [9.17, 15) is 13.9 Å². The van der Waals surface area contributed by atoms with E-state index < -0.39 is 6.43 Å². The second kappa shape index (κ2) is 4.86. The molecule has 0 radical (unpaired) electrons. The number of hydrogen-bond donors (Lipinski definition) is 2. The first kappa shape index (κ1) is 10.9. The second-order valence-corrected chi connectivity index (χ2v) is 3.95. The molecule has 1 unspecified atom stereocenters. The fourth-order valence-electron chi connectivity index (χ4n) is 1.88. The van der Waals surface area contributed by atoms with Gasteiger partial charge in [-0.3, -0.25) is 0 Å². The minimum Gasteiger partial charge on any atom is -0.391 e. The number of nitrogens with one attached hydrogen (secondary N) is 1. The number of rotatable bonds is 4. The fraction of sp³-hybridized carbons (Fsp3) is 1.00. The van der Waals surface area contributed by atoms with E-state index in [2.05, 4.69) is 5.32 Å². The van der Waals surface area contributed by atoms with Crippen molar-refractivity contribution >= 4 is 0 Å². The normalized spacial score (nSPS) is 31.2. The molecule has 1 fully saturated rings. The molecule has 2 nitrogen and oxygen atoms in total. The molecule has 3 atom stereocenters. The molecule has 0 aromatic carbocycles. The summed E-state index contributed by atoms with van der Waals surface area (Å²) in [4.78, 5) is 0. The lowest BCUT2D eigenvalue weighted by Crippen LogP contribution is -2.20. The summed E-state index contributed by atoms with van der Waals surface area (Å²) in [6, 6.07) is 0. The predicted octanol–water partition coefficient (Wildman–Crippen LogP) is 1.25. The summed E-state index contributed by atoms with van der Waals surface area (Å²) in [5.41, 5.74) is 0. The Kier molecular flexibility index (Phi) is 4.06. The molecular formula is C9H17F2NO. The third-order valence-electron chi connectivity index (χ3n) is 2.59. The highest BCUT2D eigenvalue weighted by molar-refractivity contribution is 4.81. The van der Waals surface area contributed by atoms with E-state index in [1.54, 1.807) is 0 Å². The van der Waals surface area contributed by atoms with E-state index in [-0.39, 0.29) is 24.4 Å². The van der Waals surface area contributed by atoms with Gasteiger partial charge in [0.1, 0.15) is 0 Å². The molecule has 1 aliphatic heterocycles. The van der Waals surface area contributed by atoms with Crippen molar-refractivity contribution in [1.29, 1.82) is 0 Å². The van der Waals surface area contributed by atoms with Gasteiger partial charge < -0.3 is 10.4 Å². The van der Waals surface area contributed by atoms with E-state index in [0.717, 1.165) is 6.54 Å². The van der Waals surface area contributed by atoms with Crippen LogP contribution in [-0.2, 0) is 0 Å². The number of β-amino-alcohol motifs (C(OH)–C–C–N with tert-alkyl or cyclic N) is 1. The zero-order chi connectivity index (χ0) is 9.84. The van der Waals surface area contributed by atoms with Gasteiger partial charge in [0.2, 0.25) is 6.43 Å². The maximum absolute atomic E-state index is 12.0. The zero-order valence-electron chi connectivity index (χ0n) is 7.84. The van der Waals surface area contributed by atoms with Crippen molar-refractivity contribution in [1.82, 2.24) is 5.32 Å². The van der Waals surface area contributed by atoms with Crippen LogP contribution in [0.2, 0.25) is 0 Å². The van der Waals surface area contributed by atoms with E-state index in [4.69, 9.17) is 0 Å². The Morgan fingerprint density at radius 3 is 2.62 bits per heavy atom. The molecular weight excluding hydrogens is 176 g/mol. The smallest absolute Gasteiger partial charge is 0.238 e. The van der Waals surface area contributed by atoms with Crippen molar-refractivity contribution in [2.24, 2.45) is 11.8 Å². The Hall–Kier alpha value is -0.220. The van der Waals surface area contributed by atoms with Crippen molar-refractivity contribution in [3.8, 4) is 0 Å². The first-order chi connectivity index (χ1) is 6.09. The van der Waals surface area contributed by atoms with Gasteiger partial charge in [0, 0.05) is 19.5 Å². The standard InChI is InChI=1S/C9H17F2NO/c1-6(3-9(10)11)2-7-4-12-5-8(7)13/h6-9,12-13H,2-5H2,1H3/t6?,7-,8-/m1/s1. The summed E-state index contributed by atoms with van der Waals surface area (Å²) in [6.07, 6.45) is -1.93. The zero-order valence-corrected chi connectivity index (χ0v) is 7.84. The van der Waals surface area contributed by atoms with Crippen LogP contribution in [0.4, 0.5) is 8.78 Å². The van der Waals surface area contributed by atoms with Crippen LogP contribution in [0.25, 0.3) is 0 Å². The third-order valence-corrected chi connectivity index (χ3v) is 2.59. The van der Waals surface area contributed by atoms with Crippen LogP contribution >= 0.6 is 0 Å². The Morgan fingerprint density at radius 2 is 2.15 bits per heavy atom. The molecule has 0 bridgehead atoms. The van der Waals surface area contributed by atoms with Gasteiger partial charge in [0.15, 0.2) is 0 Å². The van der Waals surface area contributed by atoms with Gasteiger partial charge in [-0.2, -0.15) is 0 Å². The lowest BCUT2D eigenvalue weighted by atomic mass is 9.91. The summed E-state index contributed by atoms with van der Waals surface area (Å²) in [7, 11) is 0. The number of hydrogen-bond acceptors (Lipinski definition) is 2. The predicted molar refractivity (Wildman–Crippen MR) is 46.8 cm³/mol. The molecule has 0 aliphatic carbocycles. The Balaban J connectivity index is 2.22. The van der Waals surface area contributed by atoms with Crippen molar-refractivity contribution < 1.29 is 13.9 Å². The van der Waals surface area contributed by atoms with Crippen LogP contribution in [0.3, 0.4) is 0 Å². The van der Waals surface area contributed by atoms with E-state index >= 15 is 0 Å². The van der Waals surface area contributed by atoms with Crippen molar-refractivity contribution in [2.45, 2.75) is 32.3 Å². The van der Waals surface area contributed by atoms with Gasteiger partial charge >= 0.3 is 0 Å². The molecule has 0 aromatic heterocycles. The highest BCUT2D eigenvalue weighted by Crippen LogP contribution is 2.22. The quantitative estimate of drug-likeness (QED) is 0.704. The third kappa shape index (κ3) is 3.56. The highest BCUT2D eigenvalue weighted by atomic mass is 19.3. The SMILES string of the molecule is CC(CC(F)F)C[C@@H]1CNC[C@H]1O. The average Bonchev–Trinajstić information content (AvgIpc) is 2.34. The van der Waals surface area contributed by atoms with Gasteiger partial charge in [-0.05, 0) is 18.3 Å². The van der Waals surface area contributed by atoms with Crippen molar-refractivity contribution in [3.63, 3.8) is 0 Å².